The minimum absolute atomic E-state index is 0.165. The van der Waals surface area contributed by atoms with Crippen LogP contribution in [-0.2, 0) is 0 Å². The molecule has 1 amide bonds. The van der Waals surface area contributed by atoms with Crippen LogP contribution in [0.1, 0.15) is 29.1 Å². The normalized spacial score (nSPS) is 11.9. The molecular weight excluding hydrogens is 311 g/mol. The summed E-state index contributed by atoms with van der Waals surface area (Å²) in [6, 6.07) is 10.6. The minimum atomic E-state index is -0.555. The number of pyridine rings is 1. The summed E-state index contributed by atoms with van der Waals surface area (Å²) in [7, 11) is 0. The van der Waals surface area contributed by atoms with Crippen molar-refractivity contribution >= 4 is 5.91 Å². The molecule has 0 unspecified atom stereocenters. The average Bonchev–Trinajstić information content (AvgIpc) is 3.10. The fourth-order valence-corrected chi connectivity index (χ4v) is 2.11. The van der Waals surface area contributed by atoms with Crippen LogP contribution in [-0.4, -0.2) is 27.6 Å². The van der Waals surface area contributed by atoms with Crippen molar-refractivity contribution < 1.29 is 13.7 Å². The number of nitrogens with zero attached hydrogens (tertiary/aromatic N) is 3. The molecule has 122 valence electrons. The third-order valence-electron chi connectivity index (χ3n) is 3.43. The lowest BCUT2D eigenvalue weighted by atomic mass is 10.1. The largest absolute Gasteiger partial charge is 0.351 e. The molecular formula is C17H15FN4O2. The first-order valence-electron chi connectivity index (χ1n) is 7.41. The van der Waals surface area contributed by atoms with E-state index in [2.05, 4.69) is 20.4 Å². The predicted octanol–water partition coefficient (Wildman–Crippen LogP) is 2.80. The van der Waals surface area contributed by atoms with Gasteiger partial charge in [-0.05, 0) is 6.07 Å². The summed E-state index contributed by atoms with van der Waals surface area (Å²) in [5.41, 5.74) is 1.02. The molecule has 0 aliphatic carbocycles. The third kappa shape index (κ3) is 3.62. The molecule has 0 aliphatic heterocycles. The van der Waals surface area contributed by atoms with Crippen LogP contribution in [0.15, 0.2) is 53.3 Å². The van der Waals surface area contributed by atoms with Crippen LogP contribution < -0.4 is 5.32 Å². The number of aromatic nitrogens is 3. The molecule has 2 aromatic heterocycles. The maximum Gasteiger partial charge on any atom is 0.252 e. The van der Waals surface area contributed by atoms with Crippen LogP contribution in [0.5, 0.6) is 0 Å². The van der Waals surface area contributed by atoms with Gasteiger partial charge in [-0.3, -0.25) is 9.78 Å². The Bertz CT molecular complexity index is 835. The van der Waals surface area contributed by atoms with E-state index in [1.807, 2.05) is 37.3 Å². The zero-order valence-electron chi connectivity index (χ0n) is 12.9. The standard InChI is InChI=1S/C17H15FN4O2/c1-11(8-20-16(23)13-7-14(18)10-19-9-13)17-21-15(22-24-17)12-5-3-2-4-6-12/h2-7,9-11H,8H2,1H3,(H,20,23)/t11-/m1/s1. The van der Waals surface area contributed by atoms with Crippen molar-refractivity contribution in [1.82, 2.24) is 20.4 Å². The van der Waals surface area contributed by atoms with Crippen molar-refractivity contribution in [2.24, 2.45) is 0 Å². The Hall–Kier alpha value is -3.09. The number of benzene rings is 1. The van der Waals surface area contributed by atoms with E-state index < -0.39 is 11.7 Å². The number of hydrogen-bond acceptors (Lipinski definition) is 5. The lowest BCUT2D eigenvalue weighted by Crippen LogP contribution is -2.27. The van der Waals surface area contributed by atoms with Gasteiger partial charge in [0, 0.05) is 18.3 Å². The fraction of sp³-hybridized carbons (Fsp3) is 0.176. The zero-order chi connectivity index (χ0) is 16.9. The highest BCUT2D eigenvalue weighted by molar-refractivity contribution is 5.93. The van der Waals surface area contributed by atoms with Gasteiger partial charge >= 0.3 is 0 Å². The summed E-state index contributed by atoms with van der Waals surface area (Å²) in [5.74, 6) is -0.221. The minimum Gasteiger partial charge on any atom is -0.351 e. The molecule has 0 radical (unpaired) electrons. The first-order valence-corrected chi connectivity index (χ1v) is 7.41. The van der Waals surface area contributed by atoms with E-state index in [0.29, 0.717) is 11.7 Å². The Morgan fingerprint density at radius 1 is 1.29 bits per heavy atom. The van der Waals surface area contributed by atoms with Crippen molar-refractivity contribution in [3.8, 4) is 11.4 Å². The van der Waals surface area contributed by atoms with E-state index in [0.717, 1.165) is 17.8 Å². The topological polar surface area (TPSA) is 80.9 Å². The first kappa shape index (κ1) is 15.8. The van der Waals surface area contributed by atoms with E-state index in [9.17, 15) is 9.18 Å². The number of nitrogens with one attached hydrogen (secondary N) is 1. The molecule has 3 rings (SSSR count). The summed E-state index contributed by atoms with van der Waals surface area (Å²) in [6.07, 6.45) is 2.35. The van der Waals surface area contributed by atoms with Gasteiger partial charge in [0.2, 0.25) is 11.7 Å². The second-order valence-corrected chi connectivity index (χ2v) is 5.33. The van der Waals surface area contributed by atoms with Crippen molar-refractivity contribution in [1.29, 1.82) is 0 Å². The highest BCUT2D eigenvalue weighted by Gasteiger charge is 2.17. The molecule has 0 spiro atoms. The van der Waals surface area contributed by atoms with Crippen molar-refractivity contribution in [2.45, 2.75) is 12.8 Å². The number of carbonyl (C=O) groups excluding carboxylic acids is 1. The SMILES string of the molecule is C[C@H](CNC(=O)c1cncc(F)c1)c1nc(-c2ccccc2)no1. The van der Waals surface area contributed by atoms with Crippen LogP contribution in [0.4, 0.5) is 4.39 Å². The van der Waals surface area contributed by atoms with Gasteiger partial charge in [0.25, 0.3) is 5.91 Å². The molecule has 0 saturated heterocycles. The lowest BCUT2D eigenvalue weighted by molar-refractivity contribution is 0.0949. The van der Waals surface area contributed by atoms with Gasteiger partial charge in [-0.2, -0.15) is 4.98 Å². The Morgan fingerprint density at radius 2 is 2.08 bits per heavy atom. The van der Waals surface area contributed by atoms with Crippen molar-refractivity contribution in [2.75, 3.05) is 6.54 Å². The molecule has 3 aromatic rings. The molecule has 1 N–H and O–H groups in total. The van der Waals surface area contributed by atoms with E-state index in [1.54, 1.807) is 0 Å². The molecule has 1 atom stereocenters. The van der Waals surface area contributed by atoms with Crippen molar-refractivity contribution in [3.63, 3.8) is 0 Å². The van der Waals surface area contributed by atoms with Gasteiger partial charge in [0.05, 0.1) is 17.7 Å². The molecule has 6 nitrogen and oxygen atoms in total. The molecule has 0 bridgehead atoms. The second-order valence-electron chi connectivity index (χ2n) is 5.33. The fourth-order valence-electron chi connectivity index (χ4n) is 2.11. The molecule has 0 saturated carbocycles. The zero-order valence-corrected chi connectivity index (χ0v) is 12.9. The maximum atomic E-state index is 13.1. The quantitative estimate of drug-likeness (QED) is 0.780. The summed E-state index contributed by atoms with van der Waals surface area (Å²) >= 11 is 0. The molecule has 2 heterocycles. The van der Waals surface area contributed by atoms with E-state index in [1.165, 1.54) is 6.20 Å². The number of halogens is 1. The highest BCUT2D eigenvalue weighted by atomic mass is 19.1. The highest BCUT2D eigenvalue weighted by Crippen LogP contribution is 2.19. The van der Waals surface area contributed by atoms with Crippen LogP contribution in [0.25, 0.3) is 11.4 Å². The molecule has 1 aromatic carbocycles. The van der Waals surface area contributed by atoms with E-state index in [-0.39, 0.29) is 18.0 Å². The number of amides is 1. The summed E-state index contributed by atoms with van der Waals surface area (Å²) in [5, 5.41) is 6.65. The van der Waals surface area contributed by atoms with E-state index in [4.69, 9.17) is 4.52 Å². The first-order chi connectivity index (χ1) is 11.6. The van der Waals surface area contributed by atoms with Crippen molar-refractivity contribution in [3.05, 3.63) is 66.1 Å². The molecule has 24 heavy (non-hydrogen) atoms. The summed E-state index contributed by atoms with van der Waals surface area (Å²) in [6.45, 7) is 2.14. The Kier molecular flexibility index (Phi) is 4.60. The van der Waals surface area contributed by atoms with Crippen LogP contribution in [0, 0.1) is 5.82 Å². The van der Waals surface area contributed by atoms with Crippen LogP contribution in [0.3, 0.4) is 0 Å². The van der Waals surface area contributed by atoms with Crippen LogP contribution >= 0.6 is 0 Å². The number of rotatable bonds is 5. The van der Waals surface area contributed by atoms with Gasteiger partial charge in [-0.25, -0.2) is 4.39 Å². The Morgan fingerprint density at radius 3 is 2.83 bits per heavy atom. The number of hydrogen-bond donors (Lipinski definition) is 1. The molecule has 0 aliphatic rings. The van der Waals surface area contributed by atoms with Gasteiger partial charge in [0.1, 0.15) is 5.82 Å². The second kappa shape index (κ2) is 6.99. The Balaban J connectivity index is 1.62. The van der Waals surface area contributed by atoms with Gasteiger partial charge in [0.15, 0.2) is 0 Å². The average molecular weight is 326 g/mol. The van der Waals surface area contributed by atoms with E-state index >= 15 is 0 Å². The van der Waals surface area contributed by atoms with Gasteiger partial charge < -0.3 is 9.84 Å². The van der Waals surface area contributed by atoms with Crippen LogP contribution in [0.2, 0.25) is 0 Å². The van der Waals surface area contributed by atoms with Gasteiger partial charge in [-0.15, -0.1) is 0 Å². The maximum absolute atomic E-state index is 13.1. The lowest BCUT2D eigenvalue weighted by Gasteiger charge is -2.08. The number of carbonyl (C=O) groups is 1. The summed E-state index contributed by atoms with van der Waals surface area (Å²) < 4.78 is 18.3. The summed E-state index contributed by atoms with van der Waals surface area (Å²) in [4.78, 5) is 20.0. The predicted molar refractivity (Wildman–Crippen MR) is 84.7 cm³/mol. The van der Waals surface area contributed by atoms with Gasteiger partial charge in [-0.1, -0.05) is 42.4 Å². The monoisotopic (exact) mass is 326 g/mol. The molecule has 7 heteroatoms. The Labute approximate surface area is 137 Å². The molecule has 0 fully saturated rings. The third-order valence-corrected chi connectivity index (χ3v) is 3.43. The smallest absolute Gasteiger partial charge is 0.252 e.